The van der Waals surface area contributed by atoms with Crippen molar-refractivity contribution in [2.24, 2.45) is 0 Å². The summed E-state index contributed by atoms with van der Waals surface area (Å²) in [4.78, 5) is 42.0. The van der Waals surface area contributed by atoms with E-state index in [1.165, 1.54) is 111 Å². The van der Waals surface area contributed by atoms with Crippen LogP contribution >= 0.6 is 68.0 Å². The molecule has 6 aromatic rings. The predicted molar refractivity (Wildman–Crippen MR) is 269 cm³/mol. The maximum Gasteiger partial charge on any atom is 0.351 e. The van der Waals surface area contributed by atoms with Gasteiger partial charge in [-0.3, -0.25) is 0 Å². The van der Waals surface area contributed by atoms with Gasteiger partial charge in [-0.2, -0.15) is 0 Å². The molecule has 0 aromatic carbocycles. The Morgan fingerprint density at radius 2 is 0.641 bits per heavy atom. The zero-order chi connectivity index (χ0) is 46.9. The summed E-state index contributed by atoms with van der Waals surface area (Å²) in [6.45, 7) is 18.7. The second-order valence-electron chi connectivity index (χ2n) is 15.9. The smallest absolute Gasteiger partial charge is 0.351 e. The molecule has 0 N–H and O–H groups in total. The maximum atomic E-state index is 14.5. The monoisotopic (exact) mass is 998 g/mol. The van der Waals surface area contributed by atoms with Crippen molar-refractivity contribution in [3.05, 3.63) is 61.3 Å². The Kier molecular flexibility index (Phi) is 22.8. The van der Waals surface area contributed by atoms with Crippen LogP contribution in [0.1, 0.15) is 182 Å². The van der Waals surface area contributed by atoms with Crippen LogP contribution in [0.25, 0.3) is 30.3 Å². The highest BCUT2D eigenvalue weighted by Crippen LogP contribution is 2.42. The van der Waals surface area contributed by atoms with Crippen LogP contribution in [0.2, 0.25) is 0 Å². The van der Waals surface area contributed by atoms with Gasteiger partial charge in [0.15, 0.2) is 17.5 Å². The van der Waals surface area contributed by atoms with Crippen molar-refractivity contribution < 1.29 is 41.8 Å². The third kappa shape index (κ3) is 14.3. The van der Waals surface area contributed by atoms with E-state index < -0.39 is 35.4 Å². The number of hydrogen-bond acceptors (Lipinski definition) is 12. The number of fused-ring (bicyclic) bond motifs is 3. The van der Waals surface area contributed by atoms with Crippen LogP contribution in [0.3, 0.4) is 0 Å². The SMILES string of the molecule is CCCCCCCCCCCCOC(=O)c1sc2c(C)sc(C)c2c1F.CCCCCCCCOC(=O)c1sc2c(C)sc(C)c2c1F.CCOC(=O)c1sc2c(C)sc(C)c2c1F. The number of carbonyl (C=O) groups is 3. The maximum absolute atomic E-state index is 14.5. The first-order valence-corrected chi connectivity index (χ1v) is 27.6. The fraction of sp³-hybridized carbons (Fsp3) is 0.571. The predicted octanol–water partition coefficient (Wildman–Crippen LogP) is 17.9. The molecular formula is C49H65F3O6S6. The van der Waals surface area contributed by atoms with Crippen molar-refractivity contribution in [1.29, 1.82) is 0 Å². The summed E-state index contributed by atoms with van der Waals surface area (Å²) in [6, 6.07) is 0. The van der Waals surface area contributed by atoms with Crippen LogP contribution in [0.15, 0.2) is 0 Å². The van der Waals surface area contributed by atoms with Crippen LogP contribution in [0.5, 0.6) is 0 Å². The minimum atomic E-state index is -0.565. The first-order chi connectivity index (χ1) is 30.7. The van der Waals surface area contributed by atoms with Crippen LogP contribution in [-0.4, -0.2) is 37.7 Å². The van der Waals surface area contributed by atoms with E-state index in [9.17, 15) is 27.6 Å². The van der Waals surface area contributed by atoms with Gasteiger partial charge in [-0.1, -0.05) is 104 Å². The second-order valence-corrected chi connectivity index (χ2v) is 23.3. The lowest BCUT2D eigenvalue weighted by atomic mass is 10.1. The summed E-state index contributed by atoms with van der Waals surface area (Å²) in [5, 5.41) is 1.78. The number of ether oxygens (including phenoxy) is 3. The molecule has 0 bridgehead atoms. The Bertz CT molecular complexity index is 2430. The summed E-state index contributed by atoms with van der Waals surface area (Å²) >= 11 is 8.33. The molecule has 0 radical (unpaired) electrons. The van der Waals surface area contributed by atoms with Gasteiger partial charge in [0.05, 0.1) is 33.9 Å². The number of halogens is 3. The molecule has 0 saturated heterocycles. The van der Waals surface area contributed by atoms with Gasteiger partial charge in [0, 0.05) is 45.4 Å². The normalized spacial score (nSPS) is 11.2. The molecular weight excluding hydrogens is 934 g/mol. The molecule has 0 amide bonds. The van der Waals surface area contributed by atoms with Crippen molar-refractivity contribution in [2.45, 2.75) is 165 Å². The first kappa shape index (κ1) is 53.8. The van der Waals surface area contributed by atoms with Gasteiger partial charge >= 0.3 is 17.9 Å². The summed E-state index contributed by atoms with van der Waals surface area (Å²) in [6.07, 6.45) is 19.2. The van der Waals surface area contributed by atoms with Crippen molar-refractivity contribution in [2.75, 3.05) is 19.8 Å². The van der Waals surface area contributed by atoms with Crippen LogP contribution in [-0.2, 0) is 14.2 Å². The Balaban J connectivity index is 0.000000216. The lowest BCUT2D eigenvalue weighted by molar-refractivity contribution is 0.0489. The molecule has 0 atom stereocenters. The van der Waals surface area contributed by atoms with E-state index >= 15 is 0 Å². The minimum absolute atomic E-state index is 0.0888. The quantitative estimate of drug-likeness (QED) is 0.0383. The Hall–Kier alpha value is -2.82. The molecule has 6 aromatic heterocycles. The molecule has 6 heterocycles. The molecule has 6 rings (SSSR count). The zero-order valence-electron chi connectivity index (χ0n) is 39.0. The first-order valence-electron chi connectivity index (χ1n) is 22.7. The summed E-state index contributed by atoms with van der Waals surface area (Å²) in [7, 11) is 0. The Morgan fingerprint density at radius 1 is 0.375 bits per heavy atom. The highest BCUT2D eigenvalue weighted by atomic mass is 32.1. The van der Waals surface area contributed by atoms with Gasteiger partial charge < -0.3 is 14.2 Å². The second kappa shape index (κ2) is 27.1. The summed E-state index contributed by atoms with van der Waals surface area (Å²) < 4.78 is 60.8. The van der Waals surface area contributed by atoms with Gasteiger partial charge in [-0.15, -0.1) is 68.0 Å². The summed E-state index contributed by atoms with van der Waals surface area (Å²) in [5.41, 5.74) is 0. The van der Waals surface area contributed by atoms with Crippen molar-refractivity contribution in [3.63, 3.8) is 0 Å². The lowest BCUT2D eigenvalue weighted by Gasteiger charge is -2.04. The molecule has 6 nitrogen and oxygen atoms in total. The van der Waals surface area contributed by atoms with Gasteiger partial charge in [-0.25, -0.2) is 27.6 Å². The standard InChI is InChI=1S/C21H31FO2S2.C17H23FO2S2.C11H11FO2S2/c1-4-5-6-7-8-9-10-11-12-13-14-24-21(23)20-18(22)17-15(2)25-16(3)19(17)26-20;1-4-5-6-7-8-9-10-20-17(19)16-14(18)13-11(2)21-12(3)15(13)22-16;1-4-14-11(13)10-8(12)7-5(2)15-6(3)9(7)16-10/h4-14H2,1-3H3;4-10H2,1-3H3;4H2,1-3H3. The van der Waals surface area contributed by atoms with E-state index in [1.807, 2.05) is 41.5 Å². The molecule has 0 unspecified atom stereocenters. The van der Waals surface area contributed by atoms with Crippen molar-refractivity contribution >= 4 is 116 Å². The third-order valence-corrected chi connectivity index (χ3v) is 18.0. The molecule has 0 aliphatic rings. The molecule has 0 spiro atoms. The average Bonchev–Trinajstić information content (AvgIpc) is 4.08. The Labute approximate surface area is 401 Å². The van der Waals surface area contributed by atoms with E-state index in [4.69, 9.17) is 14.2 Å². The van der Waals surface area contributed by atoms with E-state index in [-0.39, 0.29) is 21.2 Å². The van der Waals surface area contributed by atoms with Crippen molar-refractivity contribution in [3.8, 4) is 0 Å². The number of aryl methyl sites for hydroxylation is 6. The molecule has 0 fully saturated rings. The van der Waals surface area contributed by atoms with Crippen molar-refractivity contribution in [1.82, 2.24) is 0 Å². The van der Waals surface area contributed by atoms with Crippen LogP contribution < -0.4 is 0 Å². The number of thiophene rings is 6. The third-order valence-electron chi connectivity index (χ3n) is 10.8. The number of hydrogen-bond donors (Lipinski definition) is 0. The molecule has 0 saturated carbocycles. The fourth-order valence-corrected chi connectivity index (χ4v) is 14.3. The van der Waals surface area contributed by atoms with Crippen LogP contribution in [0.4, 0.5) is 13.2 Å². The van der Waals surface area contributed by atoms with E-state index in [0.29, 0.717) is 29.4 Å². The largest absolute Gasteiger partial charge is 0.462 e. The highest BCUT2D eigenvalue weighted by molar-refractivity contribution is 7.26. The number of unbranched alkanes of at least 4 members (excludes halogenated alkanes) is 14. The van der Waals surface area contributed by atoms with E-state index in [0.717, 1.165) is 69.0 Å². The van der Waals surface area contributed by atoms with Crippen LogP contribution in [0, 0.1) is 59.0 Å². The van der Waals surface area contributed by atoms with Gasteiger partial charge in [0.1, 0.15) is 14.6 Å². The zero-order valence-corrected chi connectivity index (χ0v) is 43.9. The number of rotatable bonds is 22. The lowest BCUT2D eigenvalue weighted by Crippen LogP contribution is -2.06. The van der Waals surface area contributed by atoms with Gasteiger partial charge in [0.25, 0.3) is 0 Å². The van der Waals surface area contributed by atoms with Gasteiger partial charge in [0.2, 0.25) is 0 Å². The number of carbonyl (C=O) groups excluding carboxylic acids is 3. The van der Waals surface area contributed by atoms with Gasteiger partial charge in [-0.05, 0) is 61.3 Å². The van der Waals surface area contributed by atoms with E-state index in [2.05, 4.69) is 13.8 Å². The molecule has 64 heavy (non-hydrogen) atoms. The molecule has 0 aliphatic carbocycles. The Morgan fingerprint density at radius 3 is 0.906 bits per heavy atom. The number of esters is 3. The topological polar surface area (TPSA) is 78.9 Å². The minimum Gasteiger partial charge on any atom is -0.462 e. The molecule has 0 aliphatic heterocycles. The molecule has 15 heteroatoms. The fourth-order valence-electron chi connectivity index (χ4n) is 7.42. The highest BCUT2D eigenvalue weighted by Gasteiger charge is 2.26. The average molecular weight is 999 g/mol. The summed E-state index contributed by atoms with van der Waals surface area (Å²) in [5.74, 6) is -2.83. The molecule has 354 valence electrons. The van der Waals surface area contributed by atoms with E-state index in [1.54, 1.807) is 40.9 Å².